The Hall–Kier alpha value is -1.84. The van der Waals surface area contributed by atoms with E-state index >= 15 is 0 Å². The molecule has 0 saturated heterocycles. The molecule has 0 amide bonds. The van der Waals surface area contributed by atoms with Crippen molar-refractivity contribution in [2.45, 2.75) is 18.9 Å². The fourth-order valence-corrected chi connectivity index (χ4v) is 2.46. The number of aromatic nitrogens is 1. The Kier molecular flexibility index (Phi) is 1.80. The summed E-state index contributed by atoms with van der Waals surface area (Å²) < 4.78 is 15.4. The number of halogens is 1. The number of carbonyl (C=O) groups is 1. The van der Waals surface area contributed by atoms with Crippen molar-refractivity contribution in [3.63, 3.8) is 0 Å². The van der Waals surface area contributed by atoms with Crippen molar-refractivity contribution in [2.75, 3.05) is 0 Å². The van der Waals surface area contributed by atoms with E-state index in [0.717, 1.165) is 5.52 Å². The van der Waals surface area contributed by atoms with Gasteiger partial charge in [-0.05, 0) is 24.6 Å². The Bertz CT molecular complexity index is 588. The maximum atomic E-state index is 13.5. The summed E-state index contributed by atoms with van der Waals surface area (Å²) in [6, 6.07) is 6.54. The Morgan fingerprint density at radius 3 is 3.06 bits per heavy atom. The van der Waals surface area contributed by atoms with E-state index in [-0.39, 0.29) is 5.82 Å². The average Bonchev–Trinajstić information content (AvgIpc) is 2.76. The molecule has 2 aromatic rings. The van der Waals surface area contributed by atoms with Crippen LogP contribution in [0.25, 0.3) is 10.9 Å². The molecule has 1 aromatic heterocycles. The molecule has 3 nitrogen and oxygen atoms in total. The first-order valence-corrected chi connectivity index (χ1v) is 5.19. The molecule has 4 heteroatoms. The lowest BCUT2D eigenvalue weighted by atomic mass is 10.0. The first kappa shape index (κ1) is 9.39. The number of rotatable bonds is 1. The molecule has 16 heavy (non-hydrogen) atoms. The zero-order valence-electron chi connectivity index (χ0n) is 8.48. The SMILES string of the molecule is O=C(O)C1CCn2c1cc1c(F)cccc12. The molecule has 0 radical (unpaired) electrons. The van der Waals surface area contributed by atoms with Gasteiger partial charge in [0.15, 0.2) is 0 Å². The molecule has 0 fully saturated rings. The third kappa shape index (κ3) is 1.10. The summed E-state index contributed by atoms with van der Waals surface area (Å²) in [6.07, 6.45) is 0.594. The number of carboxylic acids is 1. The Balaban J connectivity index is 2.28. The van der Waals surface area contributed by atoms with Crippen LogP contribution in [0.2, 0.25) is 0 Å². The van der Waals surface area contributed by atoms with Gasteiger partial charge in [0.1, 0.15) is 5.82 Å². The zero-order valence-corrected chi connectivity index (χ0v) is 8.48. The highest BCUT2D eigenvalue weighted by Crippen LogP contribution is 2.35. The van der Waals surface area contributed by atoms with Crippen molar-refractivity contribution >= 4 is 16.9 Å². The highest BCUT2D eigenvalue weighted by Gasteiger charge is 2.30. The van der Waals surface area contributed by atoms with Crippen LogP contribution in [0.4, 0.5) is 4.39 Å². The Morgan fingerprint density at radius 1 is 1.50 bits per heavy atom. The predicted octanol–water partition coefficient (Wildman–Crippen LogP) is 2.35. The van der Waals surface area contributed by atoms with E-state index in [1.54, 1.807) is 12.1 Å². The topological polar surface area (TPSA) is 42.2 Å². The maximum absolute atomic E-state index is 13.5. The van der Waals surface area contributed by atoms with Crippen LogP contribution < -0.4 is 0 Å². The summed E-state index contributed by atoms with van der Waals surface area (Å²) in [6.45, 7) is 0.652. The fraction of sp³-hybridized carbons (Fsp3) is 0.250. The lowest BCUT2D eigenvalue weighted by Gasteiger charge is -2.00. The van der Waals surface area contributed by atoms with Crippen molar-refractivity contribution in [1.82, 2.24) is 4.57 Å². The molecule has 1 aromatic carbocycles. The quantitative estimate of drug-likeness (QED) is 0.799. The van der Waals surface area contributed by atoms with Gasteiger partial charge < -0.3 is 9.67 Å². The van der Waals surface area contributed by atoms with E-state index in [0.29, 0.717) is 24.0 Å². The summed E-state index contributed by atoms with van der Waals surface area (Å²) >= 11 is 0. The van der Waals surface area contributed by atoms with Crippen LogP contribution in [0.15, 0.2) is 24.3 Å². The summed E-state index contributed by atoms with van der Waals surface area (Å²) in [4.78, 5) is 11.0. The summed E-state index contributed by atoms with van der Waals surface area (Å²) in [5.41, 5.74) is 1.51. The molecule has 0 saturated carbocycles. The van der Waals surface area contributed by atoms with Gasteiger partial charge in [-0.1, -0.05) is 6.07 Å². The highest BCUT2D eigenvalue weighted by atomic mass is 19.1. The molecule has 3 rings (SSSR count). The van der Waals surface area contributed by atoms with Crippen LogP contribution in [-0.4, -0.2) is 15.6 Å². The van der Waals surface area contributed by atoms with Crippen LogP contribution in [0.3, 0.4) is 0 Å². The highest BCUT2D eigenvalue weighted by molar-refractivity contribution is 5.86. The van der Waals surface area contributed by atoms with Crippen LogP contribution in [0.1, 0.15) is 18.0 Å². The number of carboxylic acid groups (broad SMARTS) is 1. The first-order chi connectivity index (χ1) is 7.68. The van der Waals surface area contributed by atoms with Gasteiger partial charge in [-0.3, -0.25) is 4.79 Å². The number of aliphatic carboxylic acids is 1. The maximum Gasteiger partial charge on any atom is 0.312 e. The molecular weight excluding hydrogens is 209 g/mol. The third-order valence-electron chi connectivity index (χ3n) is 3.22. The molecule has 82 valence electrons. The number of nitrogens with zero attached hydrogens (tertiary/aromatic N) is 1. The second kappa shape index (κ2) is 3.07. The minimum absolute atomic E-state index is 0.288. The van der Waals surface area contributed by atoms with Gasteiger partial charge in [0.05, 0.1) is 11.4 Å². The van der Waals surface area contributed by atoms with Crippen molar-refractivity contribution in [1.29, 1.82) is 0 Å². The molecule has 2 heterocycles. The largest absolute Gasteiger partial charge is 0.481 e. The molecule has 0 spiro atoms. The number of benzene rings is 1. The summed E-state index contributed by atoms with van der Waals surface area (Å²) in [7, 11) is 0. The smallest absolute Gasteiger partial charge is 0.312 e. The van der Waals surface area contributed by atoms with Gasteiger partial charge in [0.2, 0.25) is 0 Å². The van der Waals surface area contributed by atoms with Gasteiger partial charge in [-0.25, -0.2) is 4.39 Å². The Labute approximate surface area is 91.1 Å². The standard InChI is InChI=1S/C12H10FNO2/c13-9-2-1-3-10-8(9)6-11-7(12(15)16)4-5-14(10)11/h1-3,6-7H,4-5H2,(H,15,16). The number of fused-ring (bicyclic) bond motifs is 3. The van der Waals surface area contributed by atoms with Crippen LogP contribution in [0.5, 0.6) is 0 Å². The van der Waals surface area contributed by atoms with E-state index < -0.39 is 11.9 Å². The minimum atomic E-state index is -0.832. The molecule has 0 bridgehead atoms. The lowest BCUT2D eigenvalue weighted by molar-refractivity contribution is -0.138. The van der Waals surface area contributed by atoms with E-state index in [1.807, 2.05) is 10.6 Å². The van der Waals surface area contributed by atoms with Gasteiger partial charge >= 0.3 is 5.97 Å². The van der Waals surface area contributed by atoms with E-state index in [4.69, 9.17) is 5.11 Å². The van der Waals surface area contributed by atoms with Gasteiger partial charge in [0.25, 0.3) is 0 Å². The van der Waals surface area contributed by atoms with Crippen LogP contribution >= 0.6 is 0 Å². The normalized spacial score (nSPS) is 18.9. The molecule has 1 aliphatic heterocycles. The van der Waals surface area contributed by atoms with E-state index in [9.17, 15) is 9.18 Å². The molecule has 0 aliphatic carbocycles. The van der Waals surface area contributed by atoms with Crippen molar-refractivity contribution in [2.24, 2.45) is 0 Å². The van der Waals surface area contributed by atoms with Gasteiger partial charge in [0, 0.05) is 17.6 Å². The zero-order chi connectivity index (χ0) is 11.3. The number of hydrogen-bond donors (Lipinski definition) is 1. The van der Waals surface area contributed by atoms with E-state index in [1.165, 1.54) is 6.07 Å². The average molecular weight is 219 g/mol. The fourth-order valence-electron chi connectivity index (χ4n) is 2.46. The minimum Gasteiger partial charge on any atom is -0.481 e. The number of hydrogen-bond acceptors (Lipinski definition) is 1. The summed E-state index contributed by atoms with van der Waals surface area (Å²) in [5.74, 6) is -1.61. The monoisotopic (exact) mass is 219 g/mol. The van der Waals surface area contributed by atoms with Crippen LogP contribution in [-0.2, 0) is 11.3 Å². The first-order valence-electron chi connectivity index (χ1n) is 5.19. The van der Waals surface area contributed by atoms with Crippen LogP contribution in [0, 0.1) is 5.82 Å². The molecule has 1 unspecified atom stereocenters. The lowest BCUT2D eigenvalue weighted by Crippen LogP contribution is -2.07. The third-order valence-corrected chi connectivity index (χ3v) is 3.22. The molecule has 1 aliphatic rings. The van der Waals surface area contributed by atoms with Gasteiger partial charge in [-0.2, -0.15) is 0 Å². The molecule has 1 N–H and O–H groups in total. The van der Waals surface area contributed by atoms with E-state index in [2.05, 4.69) is 0 Å². The Morgan fingerprint density at radius 2 is 2.31 bits per heavy atom. The second-order valence-electron chi connectivity index (χ2n) is 4.07. The number of aryl methyl sites for hydroxylation is 1. The van der Waals surface area contributed by atoms with Crippen molar-refractivity contribution in [3.8, 4) is 0 Å². The van der Waals surface area contributed by atoms with Crippen molar-refractivity contribution in [3.05, 3.63) is 35.8 Å². The predicted molar refractivity (Wildman–Crippen MR) is 56.9 cm³/mol. The van der Waals surface area contributed by atoms with Gasteiger partial charge in [-0.15, -0.1) is 0 Å². The molecular formula is C12H10FNO2. The molecule has 1 atom stereocenters. The summed E-state index contributed by atoms with van der Waals surface area (Å²) in [5, 5.41) is 9.56. The van der Waals surface area contributed by atoms with Crippen molar-refractivity contribution < 1.29 is 14.3 Å². The second-order valence-corrected chi connectivity index (χ2v) is 4.07.